The van der Waals surface area contributed by atoms with Gasteiger partial charge in [-0.2, -0.15) is 0 Å². The Kier molecular flexibility index (Phi) is 4.73. The van der Waals surface area contributed by atoms with Crippen molar-refractivity contribution in [3.8, 4) is 0 Å². The van der Waals surface area contributed by atoms with E-state index in [1.807, 2.05) is 19.1 Å². The zero-order valence-corrected chi connectivity index (χ0v) is 11.5. The van der Waals surface area contributed by atoms with Crippen LogP contribution in [-0.2, 0) is 0 Å². The second kappa shape index (κ2) is 5.85. The highest BCUT2D eigenvalue weighted by Crippen LogP contribution is 2.21. The summed E-state index contributed by atoms with van der Waals surface area (Å²) < 4.78 is 0. The molecule has 0 radical (unpaired) electrons. The van der Waals surface area contributed by atoms with E-state index < -0.39 is 0 Å². The van der Waals surface area contributed by atoms with Crippen LogP contribution in [0.15, 0.2) is 18.2 Å². The molecule has 2 nitrogen and oxygen atoms in total. The maximum atomic E-state index is 10.8. The number of aryl methyl sites for hydroxylation is 1. The van der Waals surface area contributed by atoms with E-state index in [1.165, 1.54) is 12.1 Å². The summed E-state index contributed by atoms with van der Waals surface area (Å²) in [7, 11) is 2.11. The topological polar surface area (TPSA) is 20.3 Å². The molecule has 0 heterocycles. The van der Waals surface area contributed by atoms with Crippen LogP contribution in [0.4, 0.5) is 5.69 Å². The lowest BCUT2D eigenvalue weighted by molar-refractivity contribution is 0.112. The first-order valence-electron chi connectivity index (χ1n) is 6.24. The van der Waals surface area contributed by atoms with Crippen LogP contribution in [-0.4, -0.2) is 19.4 Å². The number of benzene rings is 1. The molecule has 1 aromatic carbocycles. The van der Waals surface area contributed by atoms with Gasteiger partial charge in [0.15, 0.2) is 0 Å². The van der Waals surface area contributed by atoms with Gasteiger partial charge in [-0.1, -0.05) is 13.8 Å². The Morgan fingerprint density at radius 1 is 1.29 bits per heavy atom. The van der Waals surface area contributed by atoms with E-state index in [0.29, 0.717) is 12.0 Å². The minimum atomic E-state index is 0.511. The summed E-state index contributed by atoms with van der Waals surface area (Å²) in [6, 6.07) is 6.51. The number of nitrogens with zero attached hydrogens (tertiary/aromatic N) is 1. The first-order chi connectivity index (χ1) is 7.95. The first kappa shape index (κ1) is 13.8. The summed E-state index contributed by atoms with van der Waals surface area (Å²) in [5.74, 6) is 0.697. The predicted molar refractivity (Wildman–Crippen MR) is 73.9 cm³/mol. The molecule has 0 N–H and O–H groups in total. The lowest BCUT2D eigenvalue weighted by atomic mass is 10.0. The quantitative estimate of drug-likeness (QED) is 0.723. The SMILES string of the molecule is Cc1cc(N(C)C(C)CC(C)C)ccc1C=O. The molecule has 0 saturated heterocycles. The van der Waals surface area contributed by atoms with E-state index in [2.05, 4.69) is 38.8 Å². The van der Waals surface area contributed by atoms with E-state index >= 15 is 0 Å². The Morgan fingerprint density at radius 2 is 1.94 bits per heavy atom. The Bertz CT molecular complexity index is 385. The van der Waals surface area contributed by atoms with Crippen LogP contribution < -0.4 is 4.90 Å². The van der Waals surface area contributed by atoms with Crippen molar-refractivity contribution in [3.05, 3.63) is 29.3 Å². The molecule has 1 rings (SSSR count). The molecular weight excluding hydrogens is 210 g/mol. The maximum Gasteiger partial charge on any atom is 0.150 e. The Labute approximate surface area is 105 Å². The van der Waals surface area contributed by atoms with Crippen LogP contribution in [0.25, 0.3) is 0 Å². The van der Waals surface area contributed by atoms with Gasteiger partial charge in [0.2, 0.25) is 0 Å². The summed E-state index contributed by atoms with van der Waals surface area (Å²) >= 11 is 0. The molecule has 0 amide bonds. The van der Waals surface area contributed by atoms with Crippen LogP contribution in [0.1, 0.15) is 43.1 Å². The molecule has 2 heteroatoms. The maximum absolute atomic E-state index is 10.8. The van der Waals surface area contributed by atoms with E-state index in [0.717, 1.165) is 17.4 Å². The lowest BCUT2D eigenvalue weighted by Gasteiger charge is -2.28. The third kappa shape index (κ3) is 3.58. The number of rotatable bonds is 5. The zero-order valence-electron chi connectivity index (χ0n) is 11.5. The van der Waals surface area contributed by atoms with Crippen molar-refractivity contribution in [2.45, 2.75) is 40.2 Å². The Hall–Kier alpha value is -1.31. The highest BCUT2D eigenvalue weighted by molar-refractivity contribution is 5.78. The van der Waals surface area contributed by atoms with Crippen molar-refractivity contribution in [1.82, 2.24) is 0 Å². The van der Waals surface area contributed by atoms with Crippen molar-refractivity contribution < 1.29 is 4.79 Å². The Morgan fingerprint density at radius 3 is 2.41 bits per heavy atom. The predicted octanol–water partition coefficient (Wildman–Crippen LogP) is 3.68. The van der Waals surface area contributed by atoms with Crippen LogP contribution >= 0.6 is 0 Å². The molecular formula is C15H23NO. The highest BCUT2D eigenvalue weighted by atomic mass is 16.1. The molecule has 0 saturated carbocycles. The van der Waals surface area contributed by atoms with Gasteiger partial charge in [0.05, 0.1) is 0 Å². The third-order valence-electron chi connectivity index (χ3n) is 3.26. The third-order valence-corrected chi connectivity index (χ3v) is 3.26. The molecule has 0 spiro atoms. The zero-order chi connectivity index (χ0) is 13.0. The van der Waals surface area contributed by atoms with Gasteiger partial charge >= 0.3 is 0 Å². The standard InChI is InChI=1S/C15H23NO/c1-11(2)8-13(4)16(5)15-7-6-14(10-17)12(3)9-15/h6-7,9-11,13H,8H2,1-5H3. The van der Waals surface area contributed by atoms with Crippen LogP contribution in [0.2, 0.25) is 0 Å². The van der Waals surface area contributed by atoms with Crippen molar-refractivity contribution in [2.75, 3.05) is 11.9 Å². The fourth-order valence-electron chi connectivity index (χ4n) is 2.11. The van der Waals surface area contributed by atoms with Crippen LogP contribution in [0, 0.1) is 12.8 Å². The van der Waals surface area contributed by atoms with Gasteiger partial charge in [0.25, 0.3) is 0 Å². The average molecular weight is 233 g/mol. The van der Waals surface area contributed by atoms with E-state index in [-0.39, 0.29) is 0 Å². The minimum Gasteiger partial charge on any atom is -0.372 e. The van der Waals surface area contributed by atoms with Gasteiger partial charge in [-0.15, -0.1) is 0 Å². The van der Waals surface area contributed by atoms with Gasteiger partial charge in [-0.05, 0) is 49.9 Å². The van der Waals surface area contributed by atoms with Crippen molar-refractivity contribution in [1.29, 1.82) is 0 Å². The van der Waals surface area contributed by atoms with E-state index in [1.54, 1.807) is 0 Å². The number of carbonyl (C=O) groups is 1. The van der Waals surface area contributed by atoms with Crippen molar-refractivity contribution >= 4 is 12.0 Å². The fraction of sp³-hybridized carbons (Fsp3) is 0.533. The van der Waals surface area contributed by atoms with Gasteiger partial charge in [0, 0.05) is 24.3 Å². The van der Waals surface area contributed by atoms with Crippen LogP contribution in [0.3, 0.4) is 0 Å². The minimum absolute atomic E-state index is 0.511. The van der Waals surface area contributed by atoms with Crippen molar-refractivity contribution in [2.24, 2.45) is 5.92 Å². The molecule has 0 aliphatic rings. The van der Waals surface area contributed by atoms with Crippen molar-refractivity contribution in [3.63, 3.8) is 0 Å². The van der Waals surface area contributed by atoms with Gasteiger partial charge in [-0.3, -0.25) is 4.79 Å². The monoisotopic (exact) mass is 233 g/mol. The highest BCUT2D eigenvalue weighted by Gasteiger charge is 2.12. The number of carbonyl (C=O) groups excluding carboxylic acids is 1. The average Bonchev–Trinajstić information content (AvgIpc) is 2.27. The second-order valence-electron chi connectivity index (χ2n) is 5.25. The number of aldehydes is 1. The van der Waals surface area contributed by atoms with E-state index in [9.17, 15) is 4.79 Å². The molecule has 0 aromatic heterocycles. The van der Waals surface area contributed by atoms with Gasteiger partial charge in [-0.25, -0.2) is 0 Å². The van der Waals surface area contributed by atoms with Crippen LogP contribution in [0.5, 0.6) is 0 Å². The fourth-order valence-corrected chi connectivity index (χ4v) is 2.11. The molecule has 0 aliphatic carbocycles. The van der Waals surface area contributed by atoms with Gasteiger partial charge in [0.1, 0.15) is 6.29 Å². The first-order valence-corrected chi connectivity index (χ1v) is 6.24. The Balaban J connectivity index is 2.85. The number of hydrogen-bond acceptors (Lipinski definition) is 2. The summed E-state index contributed by atoms with van der Waals surface area (Å²) in [5, 5.41) is 0. The smallest absolute Gasteiger partial charge is 0.150 e. The molecule has 0 bridgehead atoms. The molecule has 17 heavy (non-hydrogen) atoms. The molecule has 0 aliphatic heterocycles. The number of hydrogen-bond donors (Lipinski definition) is 0. The summed E-state index contributed by atoms with van der Waals surface area (Å²) in [6.07, 6.45) is 2.08. The molecule has 1 unspecified atom stereocenters. The molecule has 1 atom stereocenters. The number of anilines is 1. The normalized spacial score (nSPS) is 12.6. The molecule has 94 valence electrons. The summed E-state index contributed by atoms with van der Waals surface area (Å²) in [4.78, 5) is 13.1. The lowest BCUT2D eigenvalue weighted by Crippen LogP contribution is -2.30. The van der Waals surface area contributed by atoms with Gasteiger partial charge < -0.3 is 4.90 Å². The largest absolute Gasteiger partial charge is 0.372 e. The molecule has 0 fully saturated rings. The summed E-state index contributed by atoms with van der Waals surface area (Å²) in [5.41, 5.74) is 3.00. The molecule has 1 aromatic rings. The van der Waals surface area contributed by atoms with E-state index in [4.69, 9.17) is 0 Å². The second-order valence-corrected chi connectivity index (χ2v) is 5.25. The summed E-state index contributed by atoms with van der Waals surface area (Å²) in [6.45, 7) is 8.70.